The van der Waals surface area contributed by atoms with Crippen molar-refractivity contribution in [2.45, 2.75) is 20.3 Å². The van der Waals surface area contributed by atoms with Crippen molar-refractivity contribution < 1.29 is 4.79 Å². The first kappa shape index (κ1) is 13.2. The van der Waals surface area contributed by atoms with Gasteiger partial charge in [-0.05, 0) is 52.4 Å². The highest BCUT2D eigenvalue weighted by atomic mass is 79.9. The molecule has 0 aliphatic heterocycles. The van der Waals surface area contributed by atoms with Gasteiger partial charge in [-0.2, -0.15) is 0 Å². The van der Waals surface area contributed by atoms with Gasteiger partial charge in [0.05, 0.1) is 11.4 Å². The van der Waals surface area contributed by atoms with E-state index in [9.17, 15) is 4.79 Å². The number of carbonyl (C=O) groups is 1. The first-order valence-electron chi connectivity index (χ1n) is 5.51. The number of amides is 1. The summed E-state index contributed by atoms with van der Waals surface area (Å²) in [6.07, 6.45) is 0.703. The Labute approximate surface area is 118 Å². The molecule has 1 N–H and O–H groups in total. The molecule has 1 aromatic carbocycles. The van der Waals surface area contributed by atoms with E-state index < -0.39 is 0 Å². The number of hydrogen-bond donors (Lipinski definition) is 1. The van der Waals surface area contributed by atoms with Crippen molar-refractivity contribution >= 4 is 39.1 Å². The number of aromatic nitrogens is 2. The zero-order valence-corrected chi connectivity index (χ0v) is 12.4. The van der Waals surface area contributed by atoms with Gasteiger partial charge in [-0.3, -0.25) is 4.79 Å². The van der Waals surface area contributed by atoms with Gasteiger partial charge in [0, 0.05) is 4.47 Å². The minimum absolute atomic E-state index is 0.159. The van der Waals surface area contributed by atoms with Crippen LogP contribution in [0.15, 0.2) is 22.7 Å². The lowest BCUT2D eigenvalue weighted by atomic mass is 10.2. The van der Waals surface area contributed by atoms with Gasteiger partial charge in [0.25, 0.3) is 5.91 Å². The van der Waals surface area contributed by atoms with Gasteiger partial charge in [0.2, 0.25) is 0 Å². The van der Waals surface area contributed by atoms with Crippen LogP contribution in [0.2, 0.25) is 0 Å². The lowest BCUT2D eigenvalue weighted by molar-refractivity contribution is 0.102. The highest BCUT2D eigenvalue weighted by Crippen LogP contribution is 2.26. The second kappa shape index (κ2) is 5.58. The van der Waals surface area contributed by atoms with Gasteiger partial charge >= 0.3 is 0 Å². The van der Waals surface area contributed by atoms with Crippen LogP contribution in [0.3, 0.4) is 0 Å². The van der Waals surface area contributed by atoms with Gasteiger partial charge in [0.1, 0.15) is 4.88 Å². The molecule has 18 heavy (non-hydrogen) atoms. The summed E-state index contributed by atoms with van der Waals surface area (Å²) in [6.45, 7) is 3.93. The molecule has 0 saturated carbocycles. The number of aryl methyl sites for hydroxylation is 2. The summed E-state index contributed by atoms with van der Waals surface area (Å²) >= 11 is 4.59. The predicted octanol–water partition coefficient (Wildman–Crippen LogP) is 3.42. The number of halogens is 1. The smallest absolute Gasteiger partial charge is 0.269 e. The fraction of sp³-hybridized carbons (Fsp3) is 0.250. The second-order valence-corrected chi connectivity index (χ2v) is 5.34. The van der Waals surface area contributed by atoms with E-state index in [0.29, 0.717) is 11.3 Å². The van der Waals surface area contributed by atoms with Crippen LogP contribution < -0.4 is 5.32 Å². The number of nitrogens with one attached hydrogen (secondary N) is 1. The Kier molecular flexibility index (Phi) is 4.08. The molecule has 0 unspecified atom stereocenters. The average Bonchev–Trinajstić information content (AvgIpc) is 2.83. The standard InChI is InChI=1S/C12H12BrN3OS/c1-3-8-11(18-16-15-8)12(17)14-9-6-4-5-7(2)10(9)13/h4-6H,3H2,1-2H3,(H,14,17). The Bertz CT molecular complexity index is 582. The predicted molar refractivity (Wildman–Crippen MR) is 76.1 cm³/mol. The second-order valence-electron chi connectivity index (χ2n) is 3.79. The number of anilines is 1. The van der Waals surface area contributed by atoms with Crippen LogP contribution in [-0.4, -0.2) is 15.5 Å². The van der Waals surface area contributed by atoms with Crippen LogP contribution in [0.4, 0.5) is 5.69 Å². The summed E-state index contributed by atoms with van der Waals surface area (Å²) in [6, 6.07) is 5.74. The van der Waals surface area contributed by atoms with E-state index in [1.54, 1.807) is 0 Å². The third-order valence-corrected chi connectivity index (χ3v) is 4.36. The molecule has 6 heteroatoms. The molecule has 0 fully saturated rings. The molecule has 0 radical (unpaired) electrons. The largest absolute Gasteiger partial charge is 0.320 e. The average molecular weight is 326 g/mol. The van der Waals surface area contributed by atoms with Crippen molar-refractivity contribution in [3.63, 3.8) is 0 Å². The molecule has 0 aliphatic rings. The van der Waals surface area contributed by atoms with Gasteiger partial charge in [0.15, 0.2) is 0 Å². The van der Waals surface area contributed by atoms with Gasteiger partial charge in [-0.25, -0.2) is 0 Å². The summed E-state index contributed by atoms with van der Waals surface area (Å²) in [4.78, 5) is 12.7. The number of hydrogen-bond acceptors (Lipinski definition) is 4. The van der Waals surface area contributed by atoms with Gasteiger partial charge in [-0.15, -0.1) is 5.10 Å². The highest BCUT2D eigenvalue weighted by Gasteiger charge is 2.16. The van der Waals surface area contributed by atoms with Crippen molar-refractivity contribution in [3.8, 4) is 0 Å². The van der Waals surface area contributed by atoms with E-state index in [4.69, 9.17) is 0 Å². The molecule has 94 valence electrons. The molecule has 0 spiro atoms. The number of carbonyl (C=O) groups excluding carboxylic acids is 1. The van der Waals surface area contributed by atoms with Crippen molar-refractivity contribution in [2.75, 3.05) is 5.32 Å². The quantitative estimate of drug-likeness (QED) is 0.940. The Morgan fingerprint density at radius 3 is 3.00 bits per heavy atom. The van der Waals surface area contributed by atoms with Crippen LogP contribution >= 0.6 is 27.5 Å². The topological polar surface area (TPSA) is 54.9 Å². The fourth-order valence-electron chi connectivity index (χ4n) is 1.54. The van der Waals surface area contributed by atoms with Crippen molar-refractivity contribution in [2.24, 2.45) is 0 Å². The van der Waals surface area contributed by atoms with Crippen LogP contribution in [0.1, 0.15) is 27.9 Å². The number of rotatable bonds is 3. The molecule has 0 aliphatic carbocycles. The Morgan fingerprint density at radius 1 is 1.50 bits per heavy atom. The van der Waals surface area contributed by atoms with E-state index in [1.165, 1.54) is 0 Å². The van der Waals surface area contributed by atoms with Crippen LogP contribution in [0.25, 0.3) is 0 Å². The minimum atomic E-state index is -0.159. The van der Waals surface area contributed by atoms with E-state index in [2.05, 4.69) is 30.8 Å². The molecule has 4 nitrogen and oxygen atoms in total. The van der Waals surface area contributed by atoms with E-state index in [0.717, 1.165) is 32.9 Å². The van der Waals surface area contributed by atoms with Crippen molar-refractivity contribution in [3.05, 3.63) is 38.8 Å². The third-order valence-electron chi connectivity index (χ3n) is 2.54. The monoisotopic (exact) mass is 325 g/mol. The van der Waals surface area contributed by atoms with Crippen molar-refractivity contribution in [1.82, 2.24) is 9.59 Å². The van der Waals surface area contributed by atoms with Crippen LogP contribution in [0.5, 0.6) is 0 Å². The van der Waals surface area contributed by atoms with Crippen LogP contribution in [0, 0.1) is 6.92 Å². The summed E-state index contributed by atoms with van der Waals surface area (Å²) < 4.78 is 4.71. The number of nitrogens with zero attached hydrogens (tertiary/aromatic N) is 2. The molecule has 1 amide bonds. The normalized spacial score (nSPS) is 10.4. The molecule has 0 bridgehead atoms. The molecular weight excluding hydrogens is 314 g/mol. The maximum Gasteiger partial charge on any atom is 0.269 e. The summed E-state index contributed by atoms with van der Waals surface area (Å²) in [7, 11) is 0. The summed E-state index contributed by atoms with van der Waals surface area (Å²) in [5.74, 6) is -0.159. The Balaban J connectivity index is 2.24. The molecule has 2 rings (SSSR count). The SMILES string of the molecule is CCc1nnsc1C(=O)Nc1cccc(C)c1Br. The first-order chi connectivity index (χ1) is 8.63. The Morgan fingerprint density at radius 2 is 2.28 bits per heavy atom. The maximum absolute atomic E-state index is 12.1. The molecule has 1 heterocycles. The summed E-state index contributed by atoms with van der Waals surface area (Å²) in [5.41, 5.74) is 2.57. The van der Waals surface area contributed by atoms with Crippen LogP contribution in [-0.2, 0) is 6.42 Å². The fourth-order valence-corrected chi connectivity index (χ4v) is 2.54. The Hall–Kier alpha value is -1.27. The molecular formula is C12H12BrN3OS. The zero-order chi connectivity index (χ0) is 13.1. The first-order valence-corrected chi connectivity index (χ1v) is 7.07. The van der Waals surface area contributed by atoms with Crippen molar-refractivity contribution in [1.29, 1.82) is 0 Å². The van der Waals surface area contributed by atoms with E-state index in [-0.39, 0.29) is 5.91 Å². The number of benzene rings is 1. The molecule has 0 atom stereocenters. The zero-order valence-electron chi connectivity index (χ0n) is 10.0. The van der Waals surface area contributed by atoms with E-state index >= 15 is 0 Å². The lowest BCUT2D eigenvalue weighted by Gasteiger charge is -2.08. The van der Waals surface area contributed by atoms with E-state index in [1.807, 2.05) is 32.0 Å². The summed E-state index contributed by atoms with van der Waals surface area (Å²) in [5, 5.41) is 6.81. The third kappa shape index (κ3) is 2.59. The molecule has 1 aromatic heterocycles. The maximum atomic E-state index is 12.1. The van der Waals surface area contributed by atoms with Gasteiger partial charge < -0.3 is 5.32 Å². The molecule has 0 saturated heterocycles. The molecule has 2 aromatic rings. The minimum Gasteiger partial charge on any atom is -0.320 e. The lowest BCUT2D eigenvalue weighted by Crippen LogP contribution is -2.12. The highest BCUT2D eigenvalue weighted by molar-refractivity contribution is 9.10. The van der Waals surface area contributed by atoms with Gasteiger partial charge in [-0.1, -0.05) is 23.5 Å².